The van der Waals surface area contributed by atoms with Crippen LogP contribution in [0.1, 0.15) is 5.56 Å². The Morgan fingerprint density at radius 2 is 1.52 bits per heavy atom. The van der Waals surface area contributed by atoms with Gasteiger partial charge < -0.3 is 4.90 Å². The van der Waals surface area contributed by atoms with Gasteiger partial charge in [0.25, 0.3) is 0 Å². The van der Waals surface area contributed by atoms with Crippen molar-refractivity contribution in [1.29, 1.82) is 0 Å². The second-order valence-electron chi connectivity index (χ2n) is 6.04. The Kier molecular flexibility index (Phi) is 5.46. The number of hydrogen-bond acceptors (Lipinski definition) is 3. The molecule has 3 rings (SSSR count). The van der Waals surface area contributed by atoms with Gasteiger partial charge in [-0.1, -0.05) is 18.2 Å². The predicted molar refractivity (Wildman–Crippen MR) is 91.7 cm³/mol. The highest BCUT2D eigenvalue weighted by Gasteiger charge is 2.28. The Hall–Kier alpha value is -1.83. The van der Waals surface area contributed by atoms with E-state index in [0.717, 1.165) is 12.1 Å². The van der Waals surface area contributed by atoms with Crippen LogP contribution in [0.5, 0.6) is 0 Å². The molecule has 0 saturated carbocycles. The third kappa shape index (κ3) is 4.23. The van der Waals surface area contributed by atoms with Gasteiger partial charge in [0.15, 0.2) is 0 Å². The first-order valence-electron chi connectivity index (χ1n) is 8.18. The highest BCUT2D eigenvalue weighted by atomic mass is 32.2. The molecule has 1 aliphatic heterocycles. The zero-order valence-electron chi connectivity index (χ0n) is 13.7. The van der Waals surface area contributed by atoms with Crippen molar-refractivity contribution in [3.63, 3.8) is 0 Å². The SMILES string of the molecule is O=S(=O)(c1ccc(F)cc1)N1CCN(CCc2ccccc2F)CC1. The highest BCUT2D eigenvalue weighted by Crippen LogP contribution is 2.18. The summed E-state index contributed by atoms with van der Waals surface area (Å²) in [5.74, 6) is -0.670. The van der Waals surface area contributed by atoms with Crippen LogP contribution >= 0.6 is 0 Å². The normalized spacial score (nSPS) is 16.9. The summed E-state index contributed by atoms with van der Waals surface area (Å²) in [7, 11) is -3.60. The van der Waals surface area contributed by atoms with Gasteiger partial charge in [0, 0.05) is 32.7 Å². The first kappa shape index (κ1) is 18.0. The van der Waals surface area contributed by atoms with Gasteiger partial charge in [0.1, 0.15) is 11.6 Å². The molecule has 1 aliphatic rings. The van der Waals surface area contributed by atoms with E-state index in [1.165, 1.54) is 22.5 Å². The van der Waals surface area contributed by atoms with Gasteiger partial charge >= 0.3 is 0 Å². The Bertz CT molecular complexity index is 817. The molecule has 4 nitrogen and oxygen atoms in total. The Morgan fingerprint density at radius 1 is 0.880 bits per heavy atom. The maximum atomic E-state index is 13.6. The molecule has 2 aromatic rings. The van der Waals surface area contributed by atoms with Crippen molar-refractivity contribution in [3.05, 3.63) is 65.7 Å². The fourth-order valence-corrected chi connectivity index (χ4v) is 4.35. The second kappa shape index (κ2) is 7.59. The van der Waals surface area contributed by atoms with E-state index in [2.05, 4.69) is 4.90 Å². The second-order valence-corrected chi connectivity index (χ2v) is 7.98. The Morgan fingerprint density at radius 3 is 2.16 bits per heavy atom. The molecule has 1 heterocycles. The third-order valence-corrected chi connectivity index (χ3v) is 6.35. The first-order chi connectivity index (χ1) is 12.0. The van der Waals surface area contributed by atoms with Crippen molar-refractivity contribution < 1.29 is 17.2 Å². The number of nitrogens with zero attached hydrogens (tertiary/aromatic N) is 2. The molecule has 0 atom stereocenters. The van der Waals surface area contributed by atoms with Gasteiger partial charge in [-0.2, -0.15) is 4.31 Å². The van der Waals surface area contributed by atoms with E-state index in [-0.39, 0.29) is 10.7 Å². The molecule has 2 aromatic carbocycles. The van der Waals surface area contributed by atoms with Crippen molar-refractivity contribution in [3.8, 4) is 0 Å². The van der Waals surface area contributed by atoms with Crippen molar-refractivity contribution in [1.82, 2.24) is 9.21 Å². The number of hydrogen-bond donors (Lipinski definition) is 0. The molecule has 0 radical (unpaired) electrons. The van der Waals surface area contributed by atoms with Crippen molar-refractivity contribution in [2.24, 2.45) is 0 Å². The van der Waals surface area contributed by atoms with Crippen LogP contribution in [0.3, 0.4) is 0 Å². The molecule has 0 spiro atoms. The maximum Gasteiger partial charge on any atom is 0.243 e. The van der Waals surface area contributed by atoms with Crippen LogP contribution in [0.4, 0.5) is 8.78 Å². The largest absolute Gasteiger partial charge is 0.300 e. The average Bonchev–Trinajstić information content (AvgIpc) is 2.62. The summed E-state index contributed by atoms with van der Waals surface area (Å²) in [6.45, 7) is 2.61. The molecule has 0 amide bonds. The van der Waals surface area contributed by atoms with E-state index < -0.39 is 15.8 Å². The van der Waals surface area contributed by atoms with E-state index in [0.29, 0.717) is 44.7 Å². The van der Waals surface area contributed by atoms with Crippen LogP contribution in [-0.4, -0.2) is 50.3 Å². The number of rotatable bonds is 5. The molecular weight excluding hydrogens is 346 g/mol. The zero-order valence-corrected chi connectivity index (χ0v) is 14.6. The molecule has 25 heavy (non-hydrogen) atoms. The summed E-state index contributed by atoms with van der Waals surface area (Å²) in [6.07, 6.45) is 0.595. The summed E-state index contributed by atoms with van der Waals surface area (Å²) in [6, 6.07) is 11.6. The topological polar surface area (TPSA) is 40.6 Å². The standard InChI is InChI=1S/C18H20F2N2O2S/c19-16-5-7-17(8-6-16)25(23,24)22-13-11-21(12-14-22)10-9-15-3-1-2-4-18(15)20/h1-8H,9-14H2. The van der Waals surface area contributed by atoms with Crippen LogP contribution < -0.4 is 0 Å². The fraction of sp³-hybridized carbons (Fsp3) is 0.333. The van der Waals surface area contributed by atoms with E-state index in [4.69, 9.17) is 0 Å². The molecule has 0 unspecified atom stereocenters. The Labute approximate surface area is 146 Å². The van der Waals surface area contributed by atoms with E-state index >= 15 is 0 Å². The monoisotopic (exact) mass is 366 g/mol. The number of sulfonamides is 1. The number of halogens is 2. The van der Waals surface area contributed by atoms with Crippen molar-refractivity contribution >= 4 is 10.0 Å². The molecule has 0 bridgehead atoms. The molecule has 1 saturated heterocycles. The average molecular weight is 366 g/mol. The minimum absolute atomic E-state index is 0.105. The van der Waals surface area contributed by atoms with E-state index in [1.807, 2.05) is 6.07 Å². The zero-order chi connectivity index (χ0) is 17.9. The predicted octanol–water partition coefficient (Wildman–Crippen LogP) is 2.51. The van der Waals surface area contributed by atoms with Gasteiger partial charge in [0.2, 0.25) is 10.0 Å². The van der Waals surface area contributed by atoms with Crippen LogP contribution in [0.25, 0.3) is 0 Å². The lowest BCUT2D eigenvalue weighted by Crippen LogP contribution is -2.49. The summed E-state index contributed by atoms with van der Waals surface area (Å²) >= 11 is 0. The van der Waals surface area contributed by atoms with Gasteiger partial charge in [-0.05, 0) is 42.3 Å². The van der Waals surface area contributed by atoms with Gasteiger partial charge in [-0.3, -0.25) is 0 Å². The molecule has 7 heteroatoms. The Balaban J connectivity index is 1.56. The van der Waals surface area contributed by atoms with Gasteiger partial charge in [-0.25, -0.2) is 17.2 Å². The van der Waals surface area contributed by atoms with Gasteiger partial charge in [0.05, 0.1) is 4.90 Å². The van der Waals surface area contributed by atoms with Crippen molar-refractivity contribution in [2.75, 3.05) is 32.7 Å². The summed E-state index contributed by atoms with van der Waals surface area (Å²) in [5, 5.41) is 0. The van der Waals surface area contributed by atoms with Crippen LogP contribution in [-0.2, 0) is 16.4 Å². The molecule has 134 valence electrons. The molecule has 1 fully saturated rings. The quantitative estimate of drug-likeness (QED) is 0.816. The van der Waals surface area contributed by atoms with Crippen LogP contribution in [0, 0.1) is 11.6 Å². The van der Waals surface area contributed by atoms with Crippen molar-refractivity contribution in [2.45, 2.75) is 11.3 Å². The van der Waals surface area contributed by atoms with Crippen LogP contribution in [0.15, 0.2) is 53.4 Å². The minimum atomic E-state index is -3.60. The summed E-state index contributed by atoms with van der Waals surface area (Å²) in [4.78, 5) is 2.23. The summed E-state index contributed by atoms with van der Waals surface area (Å²) < 4.78 is 53.2. The first-order valence-corrected chi connectivity index (χ1v) is 9.62. The summed E-state index contributed by atoms with van der Waals surface area (Å²) in [5.41, 5.74) is 0.670. The van der Waals surface area contributed by atoms with Gasteiger partial charge in [-0.15, -0.1) is 0 Å². The highest BCUT2D eigenvalue weighted by molar-refractivity contribution is 7.89. The lowest BCUT2D eigenvalue weighted by atomic mass is 10.1. The lowest BCUT2D eigenvalue weighted by Gasteiger charge is -2.34. The number of piperazine rings is 1. The molecular formula is C18H20F2N2O2S. The minimum Gasteiger partial charge on any atom is -0.300 e. The van der Waals surface area contributed by atoms with Crippen LogP contribution in [0.2, 0.25) is 0 Å². The lowest BCUT2D eigenvalue weighted by molar-refractivity contribution is 0.190. The fourth-order valence-electron chi connectivity index (χ4n) is 2.93. The van der Waals surface area contributed by atoms with E-state index in [9.17, 15) is 17.2 Å². The third-order valence-electron chi connectivity index (χ3n) is 4.44. The van der Waals surface area contributed by atoms with E-state index in [1.54, 1.807) is 12.1 Å². The molecule has 0 N–H and O–H groups in total. The number of benzene rings is 2. The maximum absolute atomic E-state index is 13.6. The smallest absolute Gasteiger partial charge is 0.243 e. The molecule has 0 aromatic heterocycles. The molecule has 0 aliphatic carbocycles.